The summed E-state index contributed by atoms with van der Waals surface area (Å²) in [5.41, 5.74) is 2.64. The van der Waals surface area contributed by atoms with Gasteiger partial charge in [0, 0.05) is 25.1 Å². The average molecular weight is 367 g/mol. The van der Waals surface area contributed by atoms with E-state index in [0.717, 1.165) is 16.7 Å². The smallest absolute Gasteiger partial charge is 0.240 e. The van der Waals surface area contributed by atoms with Crippen molar-refractivity contribution in [2.24, 2.45) is 0 Å². The summed E-state index contributed by atoms with van der Waals surface area (Å²) in [6, 6.07) is 7.28. The zero-order chi connectivity index (χ0) is 19.2. The van der Waals surface area contributed by atoms with E-state index in [1.165, 1.54) is 4.90 Å². The first-order chi connectivity index (χ1) is 13.1. The van der Waals surface area contributed by atoms with Gasteiger partial charge in [0.25, 0.3) is 0 Å². The number of hydrogen-bond donors (Lipinski definition) is 1. The lowest BCUT2D eigenvalue weighted by molar-refractivity contribution is -0.132. The van der Waals surface area contributed by atoms with Crippen LogP contribution in [-0.4, -0.2) is 42.5 Å². The first kappa shape index (κ1) is 18.4. The zero-order valence-electron chi connectivity index (χ0n) is 15.3. The molecule has 1 aliphatic heterocycles. The molecule has 0 radical (unpaired) electrons. The van der Waals surface area contributed by atoms with Crippen molar-refractivity contribution < 1.29 is 19.1 Å². The van der Waals surface area contributed by atoms with Crippen molar-refractivity contribution in [3.05, 3.63) is 59.5 Å². The van der Waals surface area contributed by atoms with E-state index in [2.05, 4.69) is 10.3 Å². The van der Waals surface area contributed by atoms with Crippen LogP contribution >= 0.6 is 0 Å². The van der Waals surface area contributed by atoms with Crippen LogP contribution in [0.3, 0.4) is 0 Å². The summed E-state index contributed by atoms with van der Waals surface area (Å²) in [6.07, 6.45) is 6.95. The second-order valence-electron chi connectivity index (χ2n) is 6.05. The van der Waals surface area contributed by atoms with E-state index in [1.807, 2.05) is 18.2 Å². The molecule has 0 aliphatic carbocycles. The van der Waals surface area contributed by atoms with Gasteiger partial charge in [0.2, 0.25) is 11.8 Å². The molecule has 0 bridgehead atoms. The van der Waals surface area contributed by atoms with Gasteiger partial charge in [-0.25, -0.2) is 0 Å². The molecule has 1 aliphatic rings. The number of pyridine rings is 1. The molecule has 0 unspecified atom stereocenters. The second-order valence-corrected chi connectivity index (χ2v) is 6.05. The average Bonchev–Trinajstić information content (AvgIpc) is 2.84. The lowest BCUT2D eigenvalue weighted by Gasteiger charge is -2.17. The monoisotopic (exact) mass is 367 g/mol. The summed E-state index contributed by atoms with van der Waals surface area (Å²) in [5.74, 6) is 0.778. The Morgan fingerprint density at radius 1 is 1.19 bits per heavy atom. The number of benzene rings is 1. The van der Waals surface area contributed by atoms with E-state index in [9.17, 15) is 9.59 Å². The topological polar surface area (TPSA) is 80.8 Å². The Balaban J connectivity index is 1.67. The van der Waals surface area contributed by atoms with Gasteiger partial charge in [0.1, 0.15) is 6.54 Å². The largest absolute Gasteiger partial charge is 0.493 e. The normalized spacial score (nSPS) is 13.0. The minimum absolute atomic E-state index is 0.0390. The van der Waals surface area contributed by atoms with Crippen LogP contribution in [-0.2, 0) is 22.6 Å². The van der Waals surface area contributed by atoms with Crippen molar-refractivity contribution in [2.45, 2.75) is 13.0 Å². The third-order valence-electron chi connectivity index (χ3n) is 4.29. The molecule has 2 aromatic rings. The maximum atomic E-state index is 12.6. The number of rotatable bonds is 6. The minimum atomic E-state index is -0.231. The highest BCUT2D eigenvalue weighted by Gasteiger charge is 2.21. The number of nitrogens with one attached hydrogen (secondary N) is 1. The number of hydrogen-bond acceptors (Lipinski definition) is 5. The van der Waals surface area contributed by atoms with Crippen molar-refractivity contribution in [3.63, 3.8) is 0 Å². The lowest BCUT2D eigenvalue weighted by Crippen LogP contribution is -2.37. The number of nitrogens with zero attached hydrogens (tertiary/aromatic N) is 2. The van der Waals surface area contributed by atoms with Crippen LogP contribution in [0.1, 0.15) is 16.7 Å². The molecule has 2 amide bonds. The van der Waals surface area contributed by atoms with Crippen molar-refractivity contribution in [1.29, 1.82) is 0 Å². The van der Waals surface area contributed by atoms with E-state index in [4.69, 9.17) is 9.47 Å². The fourth-order valence-electron chi connectivity index (χ4n) is 2.82. The Morgan fingerprint density at radius 2 is 1.89 bits per heavy atom. The molecule has 27 heavy (non-hydrogen) atoms. The van der Waals surface area contributed by atoms with E-state index in [1.54, 1.807) is 45.0 Å². The highest BCUT2D eigenvalue weighted by atomic mass is 16.5. The fraction of sp³-hybridized carbons (Fsp3) is 0.250. The molecule has 7 nitrogen and oxygen atoms in total. The molecule has 1 N–H and O–H groups in total. The van der Waals surface area contributed by atoms with E-state index in [0.29, 0.717) is 18.0 Å². The third kappa shape index (κ3) is 4.44. The van der Waals surface area contributed by atoms with Gasteiger partial charge in [-0.1, -0.05) is 0 Å². The molecular formula is C20H21N3O4. The van der Waals surface area contributed by atoms with Crippen molar-refractivity contribution >= 4 is 17.9 Å². The van der Waals surface area contributed by atoms with Gasteiger partial charge < -0.3 is 19.7 Å². The lowest BCUT2D eigenvalue weighted by atomic mass is 10.0. The molecule has 1 aromatic carbocycles. The summed E-state index contributed by atoms with van der Waals surface area (Å²) < 4.78 is 10.6. The van der Waals surface area contributed by atoms with Gasteiger partial charge in [0.05, 0.1) is 20.6 Å². The van der Waals surface area contributed by atoms with Gasteiger partial charge in [0.15, 0.2) is 11.5 Å². The molecule has 0 atom stereocenters. The molecule has 0 spiro atoms. The number of aromatic nitrogens is 1. The number of carbonyl (C=O) groups excluding carboxylic acids is 2. The van der Waals surface area contributed by atoms with Crippen LogP contribution in [0.2, 0.25) is 0 Å². The van der Waals surface area contributed by atoms with E-state index in [-0.39, 0.29) is 24.8 Å². The number of carbonyl (C=O) groups is 2. The number of ether oxygens (including phenoxy) is 2. The van der Waals surface area contributed by atoms with Gasteiger partial charge in [-0.3, -0.25) is 14.6 Å². The molecular weight excluding hydrogens is 346 g/mol. The van der Waals surface area contributed by atoms with Crippen LogP contribution < -0.4 is 14.8 Å². The van der Waals surface area contributed by atoms with E-state index >= 15 is 0 Å². The van der Waals surface area contributed by atoms with Crippen LogP contribution in [0.5, 0.6) is 11.5 Å². The van der Waals surface area contributed by atoms with Crippen molar-refractivity contribution in [3.8, 4) is 11.5 Å². The summed E-state index contributed by atoms with van der Waals surface area (Å²) in [7, 11) is 3.12. The zero-order valence-corrected chi connectivity index (χ0v) is 15.3. The van der Waals surface area contributed by atoms with Gasteiger partial charge in [-0.15, -0.1) is 0 Å². The van der Waals surface area contributed by atoms with Gasteiger partial charge >= 0.3 is 0 Å². The van der Waals surface area contributed by atoms with Crippen LogP contribution in [0.25, 0.3) is 6.08 Å². The predicted octanol–water partition coefficient (Wildman–Crippen LogP) is 1.77. The molecule has 2 heterocycles. The maximum Gasteiger partial charge on any atom is 0.240 e. The van der Waals surface area contributed by atoms with Crippen LogP contribution in [0.15, 0.2) is 42.9 Å². The number of fused-ring (bicyclic) bond motifs is 1. The first-order valence-electron chi connectivity index (χ1n) is 8.49. The highest BCUT2D eigenvalue weighted by molar-refractivity contribution is 5.89. The third-order valence-corrected chi connectivity index (χ3v) is 4.29. The van der Waals surface area contributed by atoms with Gasteiger partial charge in [-0.2, -0.15) is 0 Å². The van der Waals surface area contributed by atoms with Crippen LogP contribution in [0, 0.1) is 0 Å². The summed E-state index contributed by atoms with van der Waals surface area (Å²) in [5, 5.41) is 2.81. The summed E-state index contributed by atoms with van der Waals surface area (Å²) >= 11 is 0. The summed E-state index contributed by atoms with van der Waals surface area (Å²) in [4.78, 5) is 30.1. The van der Waals surface area contributed by atoms with Crippen molar-refractivity contribution in [1.82, 2.24) is 15.2 Å². The summed E-state index contributed by atoms with van der Waals surface area (Å²) in [6.45, 7) is 0.352. The fourth-order valence-corrected chi connectivity index (χ4v) is 2.82. The van der Waals surface area contributed by atoms with E-state index < -0.39 is 0 Å². The van der Waals surface area contributed by atoms with Crippen LogP contribution in [0.4, 0.5) is 0 Å². The Hall–Kier alpha value is -3.35. The quantitative estimate of drug-likeness (QED) is 0.842. The molecule has 140 valence electrons. The molecule has 1 aromatic heterocycles. The van der Waals surface area contributed by atoms with Crippen molar-refractivity contribution in [2.75, 3.05) is 20.8 Å². The number of amides is 2. The Kier molecular flexibility index (Phi) is 5.71. The Labute approximate surface area is 157 Å². The molecule has 7 heteroatoms. The Bertz CT molecular complexity index is 865. The standard InChI is InChI=1S/C20H21N3O4/c1-26-17-9-15-5-8-23(20(25)11-16(15)10-18(17)27-2)13-19(24)22-12-14-3-6-21-7-4-14/h3-10H,11-13H2,1-2H3,(H,22,24). The molecule has 0 saturated heterocycles. The number of methoxy groups -OCH3 is 2. The second kappa shape index (κ2) is 8.35. The minimum Gasteiger partial charge on any atom is -0.493 e. The molecule has 0 fully saturated rings. The highest BCUT2D eigenvalue weighted by Crippen LogP contribution is 2.32. The predicted molar refractivity (Wildman–Crippen MR) is 100 cm³/mol. The first-order valence-corrected chi connectivity index (χ1v) is 8.49. The maximum absolute atomic E-state index is 12.6. The SMILES string of the molecule is COc1cc2c(cc1OC)CC(=O)N(CC(=O)NCc1ccncc1)C=C2. The Morgan fingerprint density at radius 3 is 2.59 bits per heavy atom. The van der Waals surface area contributed by atoms with Gasteiger partial charge in [-0.05, 0) is 47.0 Å². The molecule has 3 rings (SSSR count). The molecule has 0 saturated carbocycles.